The zero-order chi connectivity index (χ0) is 13.7. The molecule has 1 aromatic carbocycles. The topological polar surface area (TPSA) is 32.8 Å². The summed E-state index contributed by atoms with van der Waals surface area (Å²) in [5.41, 5.74) is 1.97. The standard InChI is InChI=1S/C14H20N2O2S/c1-18-9-8-15(11-19)6-7-16-10-12-4-2-3-5-13(12)14(16)17/h2-5,19H,6-11H2,1H3. The normalized spacial score (nSPS) is 14.3. The van der Waals surface area contributed by atoms with Gasteiger partial charge in [0.15, 0.2) is 0 Å². The van der Waals surface area contributed by atoms with E-state index in [1.54, 1.807) is 7.11 Å². The summed E-state index contributed by atoms with van der Waals surface area (Å²) < 4.78 is 5.06. The third kappa shape index (κ3) is 3.49. The molecule has 1 amide bonds. The molecule has 0 fully saturated rings. The van der Waals surface area contributed by atoms with E-state index in [0.717, 1.165) is 37.3 Å². The van der Waals surface area contributed by atoms with Crippen molar-refractivity contribution >= 4 is 18.5 Å². The van der Waals surface area contributed by atoms with Crippen LogP contribution >= 0.6 is 12.6 Å². The lowest BCUT2D eigenvalue weighted by Crippen LogP contribution is -2.36. The van der Waals surface area contributed by atoms with Crippen molar-refractivity contribution in [3.63, 3.8) is 0 Å². The lowest BCUT2D eigenvalue weighted by molar-refractivity contribution is 0.0755. The van der Waals surface area contributed by atoms with Gasteiger partial charge in [0.1, 0.15) is 0 Å². The maximum Gasteiger partial charge on any atom is 0.254 e. The van der Waals surface area contributed by atoms with E-state index in [1.807, 2.05) is 29.2 Å². The van der Waals surface area contributed by atoms with Gasteiger partial charge in [0.05, 0.1) is 6.61 Å². The van der Waals surface area contributed by atoms with Gasteiger partial charge >= 0.3 is 0 Å². The fourth-order valence-electron chi connectivity index (χ4n) is 2.23. The number of thiol groups is 1. The molecule has 0 spiro atoms. The number of benzene rings is 1. The summed E-state index contributed by atoms with van der Waals surface area (Å²) >= 11 is 4.30. The van der Waals surface area contributed by atoms with Gasteiger partial charge in [-0.25, -0.2) is 0 Å². The van der Waals surface area contributed by atoms with Crippen LogP contribution in [0.3, 0.4) is 0 Å². The molecule has 19 heavy (non-hydrogen) atoms. The Balaban J connectivity index is 1.87. The predicted molar refractivity (Wildman–Crippen MR) is 78.5 cm³/mol. The number of rotatable bonds is 7. The highest BCUT2D eigenvalue weighted by Crippen LogP contribution is 2.21. The summed E-state index contributed by atoms with van der Waals surface area (Å²) in [6.45, 7) is 3.81. The molecule has 0 radical (unpaired) electrons. The van der Waals surface area contributed by atoms with Crippen LogP contribution in [0, 0.1) is 0 Å². The van der Waals surface area contributed by atoms with E-state index in [1.165, 1.54) is 0 Å². The number of carbonyl (C=O) groups excluding carboxylic acids is 1. The molecule has 0 bridgehead atoms. The first-order valence-corrected chi connectivity index (χ1v) is 7.09. The summed E-state index contributed by atoms with van der Waals surface area (Å²) in [5.74, 6) is 0.819. The third-order valence-electron chi connectivity index (χ3n) is 3.39. The average Bonchev–Trinajstić information content (AvgIpc) is 2.76. The highest BCUT2D eigenvalue weighted by Gasteiger charge is 2.26. The van der Waals surface area contributed by atoms with Crippen LogP contribution < -0.4 is 0 Å². The molecule has 0 unspecified atom stereocenters. The first-order chi connectivity index (χ1) is 9.26. The molecule has 0 atom stereocenters. The van der Waals surface area contributed by atoms with Gasteiger partial charge in [0.2, 0.25) is 0 Å². The van der Waals surface area contributed by atoms with Crippen LogP contribution in [0.25, 0.3) is 0 Å². The average molecular weight is 280 g/mol. The molecule has 1 aliphatic rings. The minimum Gasteiger partial charge on any atom is -0.383 e. The van der Waals surface area contributed by atoms with Crippen molar-refractivity contribution in [2.45, 2.75) is 6.54 Å². The van der Waals surface area contributed by atoms with Crippen LogP contribution in [0.4, 0.5) is 0 Å². The Morgan fingerprint density at radius 3 is 2.84 bits per heavy atom. The van der Waals surface area contributed by atoms with Crippen LogP contribution in [-0.2, 0) is 11.3 Å². The molecule has 0 aromatic heterocycles. The van der Waals surface area contributed by atoms with E-state index in [9.17, 15) is 4.79 Å². The largest absolute Gasteiger partial charge is 0.383 e. The number of fused-ring (bicyclic) bond motifs is 1. The summed E-state index contributed by atoms with van der Waals surface area (Å²) in [7, 11) is 1.69. The highest BCUT2D eigenvalue weighted by atomic mass is 32.1. The van der Waals surface area contributed by atoms with Crippen LogP contribution in [-0.4, -0.2) is 54.9 Å². The zero-order valence-electron chi connectivity index (χ0n) is 11.2. The Labute approximate surface area is 119 Å². The maximum absolute atomic E-state index is 12.2. The molecule has 2 rings (SSSR count). The molecule has 4 nitrogen and oxygen atoms in total. The van der Waals surface area contributed by atoms with Gasteiger partial charge in [-0.15, -0.1) is 0 Å². The number of nitrogens with zero attached hydrogens (tertiary/aromatic N) is 2. The zero-order valence-corrected chi connectivity index (χ0v) is 12.1. The lowest BCUT2D eigenvalue weighted by atomic mass is 10.1. The minimum absolute atomic E-state index is 0.140. The molecule has 1 aromatic rings. The molecule has 1 heterocycles. The van der Waals surface area contributed by atoms with Crippen molar-refractivity contribution in [1.29, 1.82) is 0 Å². The fraction of sp³-hybridized carbons (Fsp3) is 0.500. The molecular formula is C14H20N2O2S. The number of hydrogen-bond donors (Lipinski definition) is 1. The Morgan fingerprint density at radius 2 is 2.16 bits per heavy atom. The quantitative estimate of drug-likeness (QED) is 0.606. The van der Waals surface area contributed by atoms with E-state index in [0.29, 0.717) is 12.5 Å². The van der Waals surface area contributed by atoms with Gasteiger partial charge in [-0.1, -0.05) is 18.2 Å². The Morgan fingerprint density at radius 1 is 1.37 bits per heavy atom. The Bertz CT molecular complexity index is 439. The summed E-state index contributed by atoms with van der Waals surface area (Å²) in [4.78, 5) is 16.2. The van der Waals surface area contributed by atoms with Crippen molar-refractivity contribution in [1.82, 2.24) is 9.80 Å². The summed E-state index contributed by atoms with van der Waals surface area (Å²) in [6, 6.07) is 7.82. The smallest absolute Gasteiger partial charge is 0.254 e. The molecular weight excluding hydrogens is 260 g/mol. The van der Waals surface area contributed by atoms with Crippen molar-refractivity contribution < 1.29 is 9.53 Å². The van der Waals surface area contributed by atoms with Crippen LogP contribution in [0.5, 0.6) is 0 Å². The van der Waals surface area contributed by atoms with Gasteiger partial charge < -0.3 is 9.64 Å². The van der Waals surface area contributed by atoms with Gasteiger partial charge in [-0.05, 0) is 11.6 Å². The van der Waals surface area contributed by atoms with E-state index >= 15 is 0 Å². The van der Waals surface area contributed by atoms with Gasteiger partial charge in [0, 0.05) is 44.7 Å². The number of ether oxygens (including phenoxy) is 1. The predicted octanol–water partition coefficient (Wildman–Crippen LogP) is 1.48. The second-order valence-electron chi connectivity index (χ2n) is 4.64. The van der Waals surface area contributed by atoms with Crippen LogP contribution in [0.2, 0.25) is 0 Å². The second kappa shape index (κ2) is 6.93. The highest BCUT2D eigenvalue weighted by molar-refractivity contribution is 7.80. The number of carbonyl (C=O) groups is 1. The molecule has 0 aliphatic carbocycles. The monoisotopic (exact) mass is 280 g/mol. The molecule has 1 aliphatic heterocycles. The summed E-state index contributed by atoms with van der Waals surface area (Å²) in [5, 5.41) is 0. The van der Waals surface area contributed by atoms with E-state index < -0.39 is 0 Å². The molecule has 0 saturated carbocycles. The molecule has 5 heteroatoms. The maximum atomic E-state index is 12.2. The fourth-order valence-corrected chi connectivity index (χ4v) is 2.51. The first-order valence-electron chi connectivity index (χ1n) is 6.45. The van der Waals surface area contributed by atoms with E-state index in [-0.39, 0.29) is 5.91 Å². The Hall–Kier alpha value is -1.04. The number of amides is 1. The molecule has 0 N–H and O–H groups in total. The van der Waals surface area contributed by atoms with Crippen LogP contribution in [0.15, 0.2) is 24.3 Å². The van der Waals surface area contributed by atoms with Gasteiger partial charge in [0.25, 0.3) is 5.91 Å². The van der Waals surface area contributed by atoms with Crippen molar-refractivity contribution in [3.8, 4) is 0 Å². The SMILES string of the molecule is COCCN(CS)CCN1Cc2ccccc2C1=O. The second-order valence-corrected chi connectivity index (χ2v) is 4.92. The Kier molecular flexibility index (Phi) is 5.24. The van der Waals surface area contributed by atoms with Crippen molar-refractivity contribution in [2.24, 2.45) is 0 Å². The van der Waals surface area contributed by atoms with Gasteiger partial charge in [-0.2, -0.15) is 12.6 Å². The van der Waals surface area contributed by atoms with E-state index in [2.05, 4.69) is 17.5 Å². The van der Waals surface area contributed by atoms with Crippen molar-refractivity contribution in [2.75, 3.05) is 39.2 Å². The lowest BCUT2D eigenvalue weighted by Gasteiger charge is -2.23. The van der Waals surface area contributed by atoms with Crippen molar-refractivity contribution in [3.05, 3.63) is 35.4 Å². The van der Waals surface area contributed by atoms with Crippen LogP contribution in [0.1, 0.15) is 15.9 Å². The first kappa shape index (κ1) is 14.4. The number of hydrogen-bond acceptors (Lipinski definition) is 4. The summed E-state index contributed by atoms with van der Waals surface area (Å²) in [6.07, 6.45) is 0. The number of methoxy groups -OCH3 is 1. The minimum atomic E-state index is 0.140. The third-order valence-corrected chi connectivity index (χ3v) is 3.79. The van der Waals surface area contributed by atoms with Gasteiger partial charge in [-0.3, -0.25) is 9.69 Å². The molecule has 0 saturated heterocycles. The van der Waals surface area contributed by atoms with E-state index in [4.69, 9.17) is 4.74 Å². The molecule has 104 valence electrons.